The summed E-state index contributed by atoms with van der Waals surface area (Å²) < 4.78 is 0. The minimum absolute atomic E-state index is 0.291. The van der Waals surface area contributed by atoms with Gasteiger partial charge in [0.15, 0.2) is 0 Å². The molecule has 1 fully saturated rings. The standard InChI is InChI=1S/C15H20N4/c1-11(16)12-6-8-19(9-7-12)15-17-10-13-4-2-3-5-14(13)18-15/h2-5,10-12H,6-9,16H2,1H3. The van der Waals surface area contributed by atoms with Gasteiger partial charge in [-0.3, -0.25) is 0 Å². The van der Waals surface area contributed by atoms with Crippen LogP contribution in [-0.2, 0) is 0 Å². The summed E-state index contributed by atoms with van der Waals surface area (Å²) in [6.07, 6.45) is 4.18. The van der Waals surface area contributed by atoms with E-state index in [1.807, 2.05) is 30.5 Å². The number of nitrogens with zero attached hydrogens (tertiary/aromatic N) is 3. The number of rotatable bonds is 2. The third-order valence-corrected chi connectivity index (χ3v) is 4.04. The van der Waals surface area contributed by atoms with E-state index < -0.39 is 0 Å². The van der Waals surface area contributed by atoms with Crippen molar-refractivity contribution in [2.24, 2.45) is 11.7 Å². The Bertz CT molecular complexity index is 559. The van der Waals surface area contributed by atoms with Crippen LogP contribution >= 0.6 is 0 Å². The van der Waals surface area contributed by atoms with E-state index >= 15 is 0 Å². The van der Waals surface area contributed by atoms with Crippen LogP contribution in [-0.4, -0.2) is 29.1 Å². The van der Waals surface area contributed by atoms with Crippen molar-refractivity contribution < 1.29 is 0 Å². The van der Waals surface area contributed by atoms with Crippen LogP contribution in [0.3, 0.4) is 0 Å². The average Bonchev–Trinajstić information content (AvgIpc) is 2.47. The molecule has 1 saturated heterocycles. The third-order valence-electron chi connectivity index (χ3n) is 4.04. The Kier molecular flexibility index (Phi) is 3.34. The molecule has 3 rings (SSSR count). The number of anilines is 1. The van der Waals surface area contributed by atoms with E-state index in [1.165, 1.54) is 0 Å². The Morgan fingerprint density at radius 3 is 2.74 bits per heavy atom. The molecule has 1 aliphatic rings. The first-order chi connectivity index (χ1) is 9.24. The number of aromatic nitrogens is 2. The first kappa shape index (κ1) is 12.4. The fraction of sp³-hybridized carbons (Fsp3) is 0.467. The monoisotopic (exact) mass is 256 g/mol. The molecule has 0 amide bonds. The zero-order valence-corrected chi connectivity index (χ0v) is 11.3. The summed E-state index contributed by atoms with van der Waals surface area (Å²) >= 11 is 0. The van der Waals surface area contributed by atoms with E-state index in [0.29, 0.717) is 12.0 Å². The normalized spacial score (nSPS) is 18.7. The highest BCUT2D eigenvalue weighted by Gasteiger charge is 2.23. The second kappa shape index (κ2) is 5.13. The van der Waals surface area contributed by atoms with Gasteiger partial charge in [-0.25, -0.2) is 9.97 Å². The molecule has 2 aromatic rings. The van der Waals surface area contributed by atoms with Gasteiger partial charge in [-0.1, -0.05) is 18.2 Å². The molecular weight excluding hydrogens is 236 g/mol. The average molecular weight is 256 g/mol. The quantitative estimate of drug-likeness (QED) is 0.895. The molecule has 19 heavy (non-hydrogen) atoms. The third kappa shape index (κ3) is 2.54. The van der Waals surface area contributed by atoms with Gasteiger partial charge in [-0.2, -0.15) is 0 Å². The second-order valence-corrected chi connectivity index (χ2v) is 5.41. The lowest BCUT2D eigenvalue weighted by Gasteiger charge is -2.33. The summed E-state index contributed by atoms with van der Waals surface area (Å²) in [5.74, 6) is 1.48. The van der Waals surface area contributed by atoms with Gasteiger partial charge in [0.25, 0.3) is 0 Å². The first-order valence-electron chi connectivity index (χ1n) is 6.96. The summed E-state index contributed by atoms with van der Waals surface area (Å²) in [5, 5.41) is 1.09. The summed E-state index contributed by atoms with van der Waals surface area (Å²) in [6.45, 7) is 4.11. The lowest BCUT2D eigenvalue weighted by Crippen LogP contribution is -2.40. The first-order valence-corrected chi connectivity index (χ1v) is 6.96. The van der Waals surface area contributed by atoms with Gasteiger partial charge in [-0.05, 0) is 31.7 Å². The van der Waals surface area contributed by atoms with Gasteiger partial charge in [0.05, 0.1) is 5.52 Å². The van der Waals surface area contributed by atoms with Crippen molar-refractivity contribution in [3.05, 3.63) is 30.5 Å². The smallest absolute Gasteiger partial charge is 0.225 e. The summed E-state index contributed by atoms with van der Waals surface area (Å²) in [6, 6.07) is 8.40. The van der Waals surface area contributed by atoms with Crippen molar-refractivity contribution in [1.82, 2.24) is 9.97 Å². The molecule has 2 heterocycles. The number of benzene rings is 1. The molecule has 0 bridgehead atoms. The van der Waals surface area contributed by atoms with Crippen LogP contribution in [0, 0.1) is 5.92 Å². The minimum atomic E-state index is 0.291. The van der Waals surface area contributed by atoms with Crippen molar-refractivity contribution in [2.45, 2.75) is 25.8 Å². The molecule has 1 unspecified atom stereocenters. The fourth-order valence-electron chi connectivity index (χ4n) is 2.74. The maximum atomic E-state index is 5.98. The lowest BCUT2D eigenvalue weighted by atomic mass is 9.91. The van der Waals surface area contributed by atoms with Crippen LogP contribution in [0.5, 0.6) is 0 Å². The van der Waals surface area contributed by atoms with Crippen molar-refractivity contribution in [3.63, 3.8) is 0 Å². The number of fused-ring (bicyclic) bond motifs is 1. The Morgan fingerprint density at radius 1 is 1.26 bits per heavy atom. The molecule has 1 aromatic heterocycles. The molecule has 0 spiro atoms. The lowest BCUT2D eigenvalue weighted by molar-refractivity contribution is 0.352. The van der Waals surface area contributed by atoms with Crippen LogP contribution in [0.15, 0.2) is 30.5 Å². The molecule has 1 aliphatic heterocycles. The SMILES string of the molecule is CC(N)C1CCN(c2ncc3ccccc3n2)CC1. The summed E-state index contributed by atoms with van der Waals surface area (Å²) in [5.41, 5.74) is 6.99. The molecular formula is C15H20N4. The van der Waals surface area contributed by atoms with E-state index in [1.54, 1.807) is 0 Å². The Morgan fingerprint density at radius 2 is 2.00 bits per heavy atom. The topological polar surface area (TPSA) is 55.0 Å². The van der Waals surface area contributed by atoms with E-state index in [9.17, 15) is 0 Å². The number of para-hydroxylation sites is 1. The molecule has 0 saturated carbocycles. The predicted molar refractivity (Wildman–Crippen MR) is 78.1 cm³/mol. The maximum absolute atomic E-state index is 5.98. The highest BCUT2D eigenvalue weighted by Crippen LogP contribution is 2.23. The molecule has 4 heteroatoms. The molecule has 1 aromatic carbocycles. The van der Waals surface area contributed by atoms with E-state index in [2.05, 4.69) is 21.8 Å². The fourth-order valence-corrected chi connectivity index (χ4v) is 2.74. The maximum Gasteiger partial charge on any atom is 0.225 e. The number of nitrogens with two attached hydrogens (primary N) is 1. The van der Waals surface area contributed by atoms with E-state index in [-0.39, 0.29) is 0 Å². The highest BCUT2D eigenvalue weighted by atomic mass is 15.2. The van der Waals surface area contributed by atoms with Gasteiger partial charge in [0.1, 0.15) is 0 Å². The zero-order valence-electron chi connectivity index (χ0n) is 11.3. The molecule has 0 aliphatic carbocycles. The van der Waals surface area contributed by atoms with Crippen molar-refractivity contribution >= 4 is 16.9 Å². The van der Waals surface area contributed by atoms with Gasteiger partial charge in [0, 0.05) is 30.7 Å². The van der Waals surface area contributed by atoms with Gasteiger partial charge < -0.3 is 10.6 Å². The van der Waals surface area contributed by atoms with Crippen molar-refractivity contribution in [3.8, 4) is 0 Å². The Balaban J connectivity index is 1.78. The zero-order chi connectivity index (χ0) is 13.2. The minimum Gasteiger partial charge on any atom is -0.341 e. The van der Waals surface area contributed by atoms with E-state index in [4.69, 9.17) is 5.73 Å². The molecule has 100 valence electrons. The van der Waals surface area contributed by atoms with Crippen molar-refractivity contribution in [1.29, 1.82) is 0 Å². The number of hydrogen-bond donors (Lipinski definition) is 1. The largest absolute Gasteiger partial charge is 0.341 e. The summed E-state index contributed by atoms with van der Waals surface area (Å²) in [4.78, 5) is 11.4. The van der Waals surface area contributed by atoms with Crippen LogP contribution in [0.25, 0.3) is 10.9 Å². The predicted octanol–water partition coefficient (Wildman–Crippen LogP) is 2.19. The van der Waals surface area contributed by atoms with E-state index in [0.717, 1.165) is 42.8 Å². The van der Waals surface area contributed by atoms with Crippen LogP contribution in [0.4, 0.5) is 5.95 Å². The number of piperidine rings is 1. The number of hydrogen-bond acceptors (Lipinski definition) is 4. The molecule has 4 nitrogen and oxygen atoms in total. The second-order valence-electron chi connectivity index (χ2n) is 5.41. The molecule has 2 N–H and O–H groups in total. The van der Waals surface area contributed by atoms with Crippen LogP contribution in [0.2, 0.25) is 0 Å². The van der Waals surface area contributed by atoms with Crippen LogP contribution in [0.1, 0.15) is 19.8 Å². The molecule has 0 radical (unpaired) electrons. The Labute approximate surface area is 113 Å². The molecule has 1 atom stereocenters. The van der Waals surface area contributed by atoms with Crippen LogP contribution < -0.4 is 10.6 Å². The van der Waals surface area contributed by atoms with Gasteiger partial charge in [0.2, 0.25) is 5.95 Å². The summed E-state index contributed by atoms with van der Waals surface area (Å²) in [7, 11) is 0. The van der Waals surface area contributed by atoms with Gasteiger partial charge >= 0.3 is 0 Å². The Hall–Kier alpha value is -1.68. The highest BCUT2D eigenvalue weighted by molar-refractivity contribution is 5.78. The van der Waals surface area contributed by atoms with Gasteiger partial charge in [-0.15, -0.1) is 0 Å². The van der Waals surface area contributed by atoms with Crippen molar-refractivity contribution in [2.75, 3.05) is 18.0 Å².